The quantitative estimate of drug-likeness (QED) is 0.153. The summed E-state index contributed by atoms with van der Waals surface area (Å²) in [6.07, 6.45) is 2.40. The minimum absolute atomic E-state index is 1.12. The fourth-order valence-electron chi connectivity index (χ4n) is 10.4. The Morgan fingerprint density at radius 3 is 1.24 bits per heavy atom. The smallest absolute Gasteiger partial charge is 0.0535 e. The standard InChI is InChI=1S/C62H39N/c1-5-21-48-40(15-1)19-13-29-52(48)45-33-46(53-30-14-20-41-16-2-6-22-49(41)53)35-47(34-45)63-39-61(59-37-43-18-4-8-24-51(43)55-26-10-12-28-57(55)59)60-38-44(31-32-62(60)63)58-36-42-17-3-7-23-50(42)54-25-9-11-27-56(54)58/h1-39H. The molecule has 12 aromatic carbocycles. The normalized spacial score (nSPS) is 11.8. The van der Waals surface area contributed by atoms with Crippen LogP contribution in [0.25, 0.3) is 126 Å². The zero-order valence-corrected chi connectivity index (χ0v) is 34.5. The van der Waals surface area contributed by atoms with Gasteiger partial charge < -0.3 is 4.57 Å². The fraction of sp³-hybridized carbons (Fsp3) is 0. The number of hydrogen-bond donors (Lipinski definition) is 0. The van der Waals surface area contributed by atoms with Crippen LogP contribution in [0, 0.1) is 0 Å². The average Bonchev–Trinajstić information content (AvgIpc) is 3.74. The summed E-state index contributed by atoms with van der Waals surface area (Å²) in [5.41, 5.74) is 12.0. The second-order valence-electron chi connectivity index (χ2n) is 16.8. The topological polar surface area (TPSA) is 4.93 Å². The molecular formula is C62H39N. The van der Waals surface area contributed by atoms with Crippen molar-refractivity contribution in [2.24, 2.45) is 0 Å². The Morgan fingerprint density at radius 2 is 0.667 bits per heavy atom. The van der Waals surface area contributed by atoms with Gasteiger partial charge >= 0.3 is 0 Å². The number of aromatic nitrogens is 1. The van der Waals surface area contributed by atoms with Crippen LogP contribution in [-0.2, 0) is 0 Å². The molecule has 13 rings (SSSR count). The minimum Gasteiger partial charge on any atom is -0.316 e. The maximum absolute atomic E-state index is 2.45. The molecule has 0 unspecified atom stereocenters. The van der Waals surface area contributed by atoms with Crippen LogP contribution in [0.2, 0.25) is 0 Å². The van der Waals surface area contributed by atoms with Gasteiger partial charge in [0, 0.05) is 22.8 Å². The van der Waals surface area contributed by atoms with Crippen LogP contribution < -0.4 is 0 Å². The van der Waals surface area contributed by atoms with Crippen LogP contribution in [0.15, 0.2) is 237 Å². The van der Waals surface area contributed by atoms with E-state index in [2.05, 4.69) is 241 Å². The highest BCUT2D eigenvalue weighted by Gasteiger charge is 2.20. The molecule has 0 bridgehead atoms. The highest BCUT2D eigenvalue weighted by molar-refractivity contribution is 6.18. The predicted molar refractivity (Wildman–Crippen MR) is 270 cm³/mol. The average molecular weight is 798 g/mol. The summed E-state index contributed by atoms with van der Waals surface area (Å²) in [7, 11) is 0. The Hall–Kier alpha value is -8.26. The monoisotopic (exact) mass is 797 g/mol. The molecule has 0 fully saturated rings. The zero-order chi connectivity index (χ0) is 41.4. The SMILES string of the molecule is c1ccc2c(-c3cc(-c4cccc5ccccc45)cc(-n4cc(-c5cc6ccccc6c6ccccc56)c5cc(-c6cc7ccccc7c7ccccc67)ccc54)c3)cccc2c1. The summed E-state index contributed by atoms with van der Waals surface area (Å²) in [4.78, 5) is 0. The summed E-state index contributed by atoms with van der Waals surface area (Å²) in [5.74, 6) is 0. The van der Waals surface area contributed by atoms with Crippen molar-refractivity contribution in [1.82, 2.24) is 4.57 Å². The number of hydrogen-bond acceptors (Lipinski definition) is 0. The minimum atomic E-state index is 1.12. The first-order chi connectivity index (χ1) is 31.2. The van der Waals surface area contributed by atoms with E-state index in [0.29, 0.717) is 0 Å². The molecule has 13 aromatic rings. The van der Waals surface area contributed by atoms with Crippen LogP contribution >= 0.6 is 0 Å². The van der Waals surface area contributed by atoms with E-state index in [1.54, 1.807) is 0 Å². The van der Waals surface area contributed by atoms with Crippen molar-refractivity contribution < 1.29 is 0 Å². The number of nitrogens with zero attached hydrogens (tertiary/aromatic N) is 1. The van der Waals surface area contributed by atoms with Crippen LogP contribution in [0.4, 0.5) is 0 Å². The molecule has 0 saturated carbocycles. The Kier molecular flexibility index (Phi) is 7.98. The van der Waals surface area contributed by atoms with E-state index < -0.39 is 0 Å². The Morgan fingerprint density at radius 1 is 0.222 bits per heavy atom. The number of rotatable bonds is 5. The lowest BCUT2D eigenvalue weighted by Crippen LogP contribution is -1.95. The molecule has 0 saturated heterocycles. The molecule has 1 heterocycles. The van der Waals surface area contributed by atoms with Crippen molar-refractivity contribution in [3.8, 4) is 50.2 Å². The first-order valence-electron chi connectivity index (χ1n) is 21.8. The van der Waals surface area contributed by atoms with E-state index in [0.717, 1.165) is 11.2 Å². The lowest BCUT2D eigenvalue weighted by Gasteiger charge is -2.16. The molecule has 0 aliphatic rings. The van der Waals surface area contributed by atoms with Crippen LogP contribution in [0.1, 0.15) is 0 Å². The van der Waals surface area contributed by atoms with Gasteiger partial charge in [-0.15, -0.1) is 0 Å². The van der Waals surface area contributed by atoms with Gasteiger partial charge in [-0.3, -0.25) is 0 Å². The molecule has 0 amide bonds. The van der Waals surface area contributed by atoms with E-state index >= 15 is 0 Å². The summed E-state index contributed by atoms with van der Waals surface area (Å²) in [6, 6.07) is 85.3. The van der Waals surface area contributed by atoms with Crippen LogP contribution in [-0.4, -0.2) is 4.57 Å². The Labute approximate surface area is 365 Å². The Bertz CT molecular complexity index is 3870. The molecule has 0 aliphatic heterocycles. The molecule has 0 radical (unpaired) electrons. The number of fused-ring (bicyclic) bond motifs is 9. The van der Waals surface area contributed by atoms with Crippen molar-refractivity contribution in [2.45, 2.75) is 0 Å². The lowest BCUT2D eigenvalue weighted by molar-refractivity contribution is 1.13. The van der Waals surface area contributed by atoms with E-state index in [1.807, 2.05) is 0 Å². The largest absolute Gasteiger partial charge is 0.316 e. The second kappa shape index (κ2) is 14.2. The lowest BCUT2D eigenvalue weighted by atomic mass is 9.91. The summed E-state index contributed by atoms with van der Waals surface area (Å²) in [5, 5.41) is 16.2. The number of benzene rings is 12. The predicted octanol–water partition coefficient (Wildman–Crippen LogP) is 17.2. The molecule has 63 heavy (non-hydrogen) atoms. The van der Waals surface area contributed by atoms with Gasteiger partial charge in [0.2, 0.25) is 0 Å². The van der Waals surface area contributed by atoms with Crippen molar-refractivity contribution in [1.29, 1.82) is 0 Å². The third-order valence-electron chi connectivity index (χ3n) is 13.3. The third-order valence-corrected chi connectivity index (χ3v) is 13.3. The molecule has 292 valence electrons. The zero-order valence-electron chi connectivity index (χ0n) is 34.5. The van der Waals surface area contributed by atoms with Crippen molar-refractivity contribution >= 4 is 75.5 Å². The molecule has 1 nitrogen and oxygen atoms in total. The van der Waals surface area contributed by atoms with Gasteiger partial charge in [-0.1, -0.05) is 188 Å². The van der Waals surface area contributed by atoms with Crippen molar-refractivity contribution in [3.05, 3.63) is 237 Å². The van der Waals surface area contributed by atoms with Gasteiger partial charge in [0.1, 0.15) is 0 Å². The molecule has 0 atom stereocenters. The van der Waals surface area contributed by atoms with E-state index in [-0.39, 0.29) is 0 Å². The maximum atomic E-state index is 2.45. The van der Waals surface area contributed by atoms with Gasteiger partial charge in [-0.25, -0.2) is 0 Å². The summed E-state index contributed by atoms with van der Waals surface area (Å²) >= 11 is 0. The molecule has 0 N–H and O–H groups in total. The van der Waals surface area contributed by atoms with Crippen LogP contribution in [0.3, 0.4) is 0 Å². The van der Waals surface area contributed by atoms with Crippen molar-refractivity contribution in [2.75, 3.05) is 0 Å². The third kappa shape index (κ3) is 5.71. The first-order valence-corrected chi connectivity index (χ1v) is 21.8. The maximum Gasteiger partial charge on any atom is 0.0535 e. The molecule has 0 spiro atoms. The molecule has 1 aromatic heterocycles. The van der Waals surface area contributed by atoms with Gasteiger partial charge in [-0.05, 0) is 146 Å². The molecule has 0 aliphatic carbocycles. The van der Waals surface area contributed by atoms with E-state index in [4.69, 9.17) is 0 Å². The van der Waals surface area contributed by atoms with Gasteiger partial charge in [0.25, 0.3) is 0 Å². The molecular weight excluding hydrogens is 759 g/mol. The second-order valence-corrected chi connectivity index (χ2v) is 16.8. The van der Waals surface area contributed by atoms with E-state index in [9.17, 15) is 0 Å². The highest BCUT2D eigenvalue weighted by Crippen LogP contribution is 2.44. The van der Waals surface area contributed by atoms with Gasteiger partial charge in [-0.2, -0.15) is 0 Å². The van der Waals surface area contributed by atoms with Crippen molar-refractivity contribution in [3.63, 3.8) is 0 Å². The van der Waals surface area contributed by atoms with Gasteiger partial charge in [0.15, 0.2) is 0 Å². The summed E-state index contributed by atoms with van der Waals surface area (Å²) < 4.78 is 2.44. The highest BCUT2D eigenvalue weighted by atomic mass is 15.0. The molecule has 1 heteroatoms. The van der Waals surface area contributed by atoms with E-state index in [1.165, 1.54) is 115 Å². The Balaban J connectivity index is 1.13. The summed E-state index contributed by atoms with van der Waals surface area (Å²) in [6.45, 7) is 0. The fourth-order valence-corrected chi connectivity index (χ4v) is 10.4. The van der Waals surface area contributed by atoms with Gasteiger partial charge in [0.05, 0.1) is 5.52 Å². The first kappa shape index (κ1) is 35.5. The van der Waals surface area contributed by atoms with Crippen LogP contribution in [0.5, 0.6) is 0 Å².